The molecule has 0 bridgehead atoms. The second-order valence-electron chi connectivity index (χ2n) is 7.15. The van der Waals surface area contributed by atoms with E-state index in [1.165, 1.54) is 0 Å². The lowest BCUT2D eigenvalue weighted by Crippen LogP contribution is -2.35. The van der Waals surface area contributed by atoms with Crippen molar-refractivity contribution in [2.75, 3.05) is 5.32 Å². The third-order valence-electron chi connectivity index (χ3n) is 4.34. The highest BCUT2D eigenvalue weighted by atomic mass is 16.3. The third kappa shape index (κ3) is 4.29. The van der Waals surface area contributed by atoms with Crippen molar-refractivity contribution in [2.24, 2.45) is 4.99 Å². The molecule has 1 heterocycles. The maximum Gasteiger partial charge on any atom is 0.335 e. The molecule has 1 aromatic heterocycles. The molecule has 0 amide bonds. The van der Waals surface area contributed by atoms with Crippen LogP contribution in [0.25, 0.3) is 5.69 Å². The predicted molar refractivity (Wildman–Crippen MR) is 116 cm³/mol. The fraction of sp³-hybridized carbons (Fsp3) is 0.227. The Kier molecular flexibility index (Phi) is 5.68. The van der Waals surface area contributed by atoms with E-state index in [-0.39, 0.29) is 17.4 Å². The van der Waals surface area contributed by atoms with Crippen LogP contribution in [0.1, 0.15) is 30.5 Å². The van der Waals surface area contributed by atoms with Gasteiger partial charge in [0.05, 0.1) is 5.69 Å². The second-order valence-corrected chi connectivity index (χ2v) is 7.15. The summed E-state index contributed by atoms with van der Waals surface area (Å²) in [4.78, 5) is 32.0. The first-order valence-corrected chi connectivity index (χ1v) is 9.34. The van der Waals surface area contributed by atoms with Gasteiger partial charge in [-0.25, -0.2) is 9.36 Å². The summed E-state index contributed by atoms with van der Waals surface area (Å²) in [6.45, 7) is 7.50. The van der Waals surface area contributed by atoms with Crippen LogP contribution in [0.5, 0.6) is 5.88 Å². The van der Waals surface area contributed by atoms with Gasteiger partial charge < -0.3 is 10.4 Å². The number of anilines is 1. The minimum atomic E-state index is -0.716. The molecule has 29 heavy (non-hydrogen) atoms. The molecule has 0 radical (unpaired) electrons. The van der Waals surface area contributed by atoms with Crippen LogP contribution >= 0.6 is 0 Å². The van der Waals surface area contributed by atoms with Gasteiger partial charge in [-0.15, -0.1) is 0 Å². The largest absolute Gasteiger partial charge is 0.493 e. The van der Waals surface area contributed by atoms with E-state index in [9.17, 15) is 14.7 Å². The first-order chi connectivity index (χ1) is 13.8. The molecule has 7 nitrogen and oxygen atoms in total. The zero-order chi connectivity index (χ0) is 21.1. The van der Waals surface area contributed by atoms with E-state index >= 15 is 0 Å². The Hall–Kier alpha value is -3.61. The molecule has 0 atom stereocenters. The Morgan fingerprint density at radius 3 is 2.41 bits per heavy atom. The molecule has 3 aromatic rings. The Morgan fingerprint density at radius 1 is 1.10 bits per heavy atom. The zero-order valence-electron chi connectivity index (χ0n) is 16.9. The molecule has 3 N–H and O–H groups in total. The van der Waals surface area contributed by atoms with Crippen LogP contribution in [0.4, 0.5) is 5.69 Å². The molecular formula is C22H24N4O3. The normalized spacial score (nSPS) is 11.7. The Labute approximate surface area is 168 Å². The fourth-order valence-electron chi connectivity index (χ4n) is 3.09. The van der Waals surface area contributed by atoms with Crippen molar-refractivity contribution in [3.05, 3.63) is 86.1 Å². The van der Waals surface area contributed by atoms with Crippen LogP contribution in [0.3, 0.4) is 0 Å². The molecule has 2 aromatic carbocycles. The highest BCUT2D eigenvalue weighted by molar-refractivity contribution is 6.09. The van der Waals surface area contributed by atoms with E-state index < -0.39 is 17.1 Å². The number of benzene rings is 2. The number of aliphatic imine (C=N–C) groups is 1. The highest BCUT2D eigenvalue weighted by Gasteiger charge is 2.21. The predicted octanol–water partition coefficient (Wildman–Crippen LogP) is 3.12. The number of rotatable bonds is 4. The van der Waals surface area contributed by atoms with Crippen LogP contribution in [0.2, 0.25) is 0 Å². The maximum atomic E-state index is 12.6. The van der Waals surface area contributed by atoms with E-state index in [4.69, 9.17) is 0 Å². The van der Waals surface area contributed by atoms with Crippen molar-refractivity contribution in [3.8, 4) is 11.6 Å². The van der Waals surface area contributed by atoms with Gasteiger partial charge in [-0.3, -0.25) is 14.8 Å². The van der Waals surface area contributed by atoms with E-state index in [1.54, 1.807) is 6.07 Å². The second kappa shape index (κ2) is 8.18. The van der Waals surface area contributed by atoms with Gasteiger partial charge in [-0.1, -0.05) is 35.9 Å². The van der Waals surface area contributed by atoms with Gasteiger partial charge in [0.2, 0.25) is 5.88 Å². The van der Waals surface area contributed by atoms with E-state index in [0.717, 1.165) is 15.7 Å². The number of hydrogen-bond donors (Lipinski definition) is 3. The molecule has 0 spiro atoms. The van der Waals surface area contributed by atoms with Gasteiger partial charge >= 0.3 is 5.69 Å². The molecule has 0 unspecified atom stereocenters. The van der Waals surface area contributed by atoms with Gasteiger partial charge in [0.15, 0.2) is 0 Å². The van der Waals surface area contributed by atoms with Crippen LogP contribution in [-0.2, 0) is 0 Å². The smallest absolute Gasteiger partial charge is 0.335 e. The van der Waals surface area contributed by atoms with Crippen molar-refractivity contribution in [1.29, 1.82) is 0 Å². The number of nitrogens with zero attached hydrogens (tertiary/aromatic N) is 2. The molecule has 0 aliphatic heterocycles. The molecule has 0 fully saturated rings. The van der Waals surface area contributed by atoms with Gasteiger partial charge in [-0.05, 0) is 51.5 Å². The van der Waals surface area contributed by atoms with Gasteiger partial charge in [-0.2, -0.15) is 0 Å². The standard InChI is InChI=1S/C22H24N4O3/c1-13(2)23-19(24-16-8-6-5-7-9-16)18-20(27)25-22(29)26(21(18)28)17-11-10-14(3)12-15(17)4/h5-13,28H,1-4H3,(H,23,24)(H,25,27,29). The van der Waals surface area contributed by atoms with Crippen molar-refractivity contribution in [3.63, 3.8) is 0 Å². The molecule has 0 aliphatic rings. The van der Waals surface area contributed by atoms with E-state index in [0.29, 0.717) is 11.4 Å². The molecule has 3 rings (SSSR count). The molecule has 7 heteroatoms. The Morgan fingerprint density at radius 2 is 1.79 bits per heavy atom. The Bertz CT molecular complexity index is 1170. The van der Waals surface area contributed by atoms with Crippen LogP contribution in [0, 0.1) is 13.8 Å². The number of aromatic amines is 1. The number of hydrogen-bond acceptors (Lipinski definition) is 4. The lowest BCUT2D eigenvalue weighted by Gasteiger charge is -2.16. The SMILES string of the molecule is Cc1ccc(-n2c(O)c(C(=NC(C)C)Nc3ccccc3)c(=O)[nH]c2=O)c(C)c1. The number of amidine groups is 1. The van der Waals surface area contributed by atoms with Gasteiger partial charge in [0, 0.05) is 11.7 Å². The Balaban J connectivity index is 2.24. The van der Waals surface area contributed by atoms with Crippen LogP contribution in [-0.4, -0.2) is 26.5 Å². The number of aromatic nitrogens is 2. The molecular weight excluding hydrogens is 368 g/mol. The summed E-state index contributed by atoms with van der Waals surface area (Å²) < 4.78 is 1.09. The van der Waals surface area contributed by atoms with E-state index in [2.05, 4.69) is 15.3 Å². The molecule has 0 saturated carbocycles. The average molecular weight is 392 g/mol. The summed E-state index contributed by atoms with van der Waals surface area (Å²) in [7, 11) is 0. The first kappa shape index (κ1) is 20.1. The topological polar surface area (TPSA) is 99.5 Å². The monoisotopic (exact) mass is 392 g/mol. The number of nitrogens with one attached hydrogen (secondary N) is 2. The highest BCUT2D eigenvalue weighted by Crippen LogP contribution is 2.22. The van der Waals surface area contributed by atoms with Crippen LogP contribution < -0.4 is 16.6 Å². The van der Waals surface area contributed by atoms with Crippen LogP contribution in [0.15, 0.2) is 63.1 Å². The summed E-state index contributed by atoms with van der Waals surface area (Å²) >= 11 is 0. The quantitative estimate of drug-likeness (QED) is 0.469. The number of aromatic hydroxyl groups is 1. The number of H-pyrrole nitrogens is 1. The summed E-state index contributed by atoms with van der Waals surface area (Å²) in [5.41, 5.74) is 1.48. The minimum Gasteiger partial charge on any atom is -0.493 e. The van der Waals surface area contributed by atoms with Gasteiger partial charge in [0.25, 0.3) is 5.56 Å². The minimum absolute atomic E-state index is 0.0953. The van der Waals surface area contributed by atoms with Crippen molar-refractivity contribution in [2.45, 2.75) is 33.7 Å². The molecule has 0 saturated heterocycles. The lowest BCUT2D eigenvalue weighted by molar-refractivity contribution is 0.429. The summed E-state index contributed by atoms with van der Waals surface area (Å²) in [6.07, 6.45) is 0. The maximum absolute atomic E-state index is 12.6. The first-order valence-electron chi connectivity index (χ1n) is 9.34. The fourth-order valence-corrected chi connectivity index (χ4v) is 3.09. The van der Waals surface area contributed by atoms with Crippen molar-refractivity contribution in [1.82, 2.24) is 9.55 Å². The third-order valence-corrected chi connectivity index (χ3v) is 4.34. The number of aryl methyl sites for hydroxylation is 2. The summed E-state index contributed by atoms with van der Waals surface area (Å²) in [5, 5.41) is 14.1. The molecule has 150 valence electrons. The average Bonchev–Trinajstić information content (AvgIpc) is 2.63. The zero-order valence-corrected chi connectivity index (χ0v) is 16.9. The van der Waals surface area contributed by atoms with Crippen molar-refractivity contribution >= 4 is 11.5 Å². The van der Waals surface area contributed by atoms with Crippen molar-refractivity contribution < 1.29 is 5.11 Å². The summed E-state index contributed by atoms with van der Waals surface area (Å²) in [6, 6.07) is 14.5. The van der Waals surface area contributed by atoms with Gasteiger partial charge in [0.1, 0.15) is 11.4 Å². The summed E-state index contributed by atoms with van der Waals surface area (Å²) in [5.74, 6) is -0.281. The van der Waals surface area contributed by atoms with E-state index in [1.807, 2.05) is 70.2 Å². The number of para-hydroxylation sites is 1. The molecule has 0 aliphatic carbocycles. The lowest BCUT2D eigenvalue weighted by atomic mass is 10.1.